The van der Waals surface area contributed by atoms with E-state index in [4.69, 9.17) is 4.42 Å². The van der Waals surface area contributed by atoms with Gasteiger partial charge >= 0.3 is 6.18 Å². The van der Waals surface area contributed by atoms with Crippen LogP contribution in [-0.2, 0) is 6.18 Å². The highest BCUT2D eigenvalue weighted by Crippen LogP contribution is 2.33. The van der Waals surface area contributed by atoms with E-state index < -0.39 is 11.7 Å². The number of anilines is 2. The van der Waals surface area contributed by atoms with Gasteiger partial charge in [-0.2, -0.15) is 18.3 Å². The monoisotopic (exact) mass is 344 g/mol. The van der Waals surface area contributed by atoms with E-state index in [0.717, 1.165) is 28.7 Å². The summed E-state index contributed by atoms with van der Waals surface area (Å²) in [5.74, 6) is 0.248. The van der Waals surface area contributed by atoms with E-state index in [2.05, 4.69) is 20.5 Å². The number of oxazole rings is 1. The van der Waals surface area contributed by atoms with Crippen molar-refractivity contribution >= 4 is 22.6 Å². The summed E-state index contributed by atoms with van der Waals surface area (Å²) in [7, 11) is 0. The lowest BCUT2D eigenvalue weighted by Crippen LogP contribution is -2.04. The van der Waals surface area contributed by atoms with Crippen molar-refractivity contribution in [3.63, 3.8) is 0 Å². The Morgan fingerprint density at radius 1 is 1.04 bits per heavy atom. The third-order valence-electron chi connectivity index (χ3n) is 3.67. The van der Waals surface area contributed by atoms with Gasteiger partial charge in [0.1, 0.15) is 0 Å². The Morgan fingerprint density at radius 2 is 1.92 bits per heavy atom. The summed E-state index contributed by atoms with van der Waals surface area (Å²) in [4.78, 5) is 4.06. The van der Waals surface area contributed by atoms with E-state index in [0.29, 0.717) is 5.56 Å². The quantitative estimate of drug-likeness (QED) is 0.550. The Bertz CT molecular complexity index is 1040. The molecule has 4 aromatic rings. The largest absolute Gasteiger partial charge is 0.423 e. The number of nitrogens with zero attached hydrogens (tertiary/aromatic N) is 2. The Labute approximate surface area is 139 Å². The molecule has 0 bridgehead atoms. The number of hydrogen-bond acceptors (Lipinski definition) is 4. The first-order chi connectivity index (χ1) is 12.0. The average Bonchev–Trinajstić information content (AvgIpc) is 3.23. The molecule has 0 saturated heterocycles. The Kier molecular flexibility index (Phi) is 3.45. The fourth-order valence-electron chi connectivity index (χ4n) is 2.46. The molecule has 0 atom stereocenters. The van der Waals surface area contributed by atoms with Gasteiger partial charge in [0, 0.05) is 16.6 Å². The van der Waals surface area contributed by atoms with Crippen LogP contribution in [0.3, 0.4) is 0 Å². The van der Waals surface area contributed by atoms with Crippen LogP contribution in [0.25, 0.3) is 22.2 Å². The summed E-state index contributed by atoms with van der Waals surface area (Å²) in [5.41, 5.74) is 1.19. The van der Waals surface area contributed by atoms with Gasteiger partial charge in [0.15, 0.2) is 5.76 Å². The number of nitrogens with one attached hydrogen (secondary N) is 2. The summed E-state index contributed by atoms with van der Waals surface area (Å²) in [6.07, 6.45) is -1.34. The molecular weight excluding hydrogens is 333 g/mol. The fraction of sp³-hybridized carbons (Fsp3) is 0.0588. The molecule has 2 aromatic heterocycles. The molecule has 0 fully saturated rings. The molecule has 0 unspecified atom stereocenters. The van der Waals surface area contributed by atoms with Crippen molar-refractivity contribution in [1.82, 2.24) is 15.2 Å². The summed E-state index contributed by atoms with van der Waals surface area (Å²) in [6, 6.07) is 10.6. The summed E-state index contributed by atoms with van der Waals surface area (Å²) in [6.45, 7) is 0. The molecule has 0 radical (unpaired) electrons. The lowest BCUT2D eigenvalue weighted by atomic mass is 10.1. The van der Waals surface area contributed by atoms with Gasteiger partial charge in [-0.25, -0.2) is 4.98 Å². The zero-order valence-corrected chi connectivity index (χ0v) is 12.6. The van der Waals surface area contributed by atoms with Gasteiger partial charge in [0.25, 0.3) is 6.01 Å². The topological polar surface area (TPSA) is 66.7 Å². The van der Waals surface area contributed by atoms with Crippen LogP contribution in [-0.4, -0.2) is 15.2 Å². The van der Waals surface area contributed by atoms with Gasteiger partial charge in [-0.15, -0.1) is 0 Å². The first-order valence-corrected chi connectivity index (χ1v) is 7.33. The maximum atomic E-state index is 12.8. The van der Waals surface area contributed by atoms with Gasteiger partial charge < -0.3 is 9.73 Å². The Balaban J connectivity index is 1.59. The van der Waals surface area contributed by atoms with E-state index in [1.54, 1.807) is 6.20 Å². The second-order valence-corrected chi connectivity index (χ2v) is 5.41. The summed E-state index contributed by atoms with van der Waals surface area (Å²) < 4.78 is 44.0. The normalized spacial score (nSPS) is 11.8. The highest BCUT2D eigenvalue weighted by molar-refractivity contribution is 5.82. The SMILES string of the molecule is FC(F)(F)c1cccc(-c2cnc(Nc3ccc4[nH]ncc4c3)o2)c1. The van der Waals surface area contributed by atoms with E-state index in [1.807, 2.05) is 18.2 Å². The molecule has 0 amide bonds. The van der Waals surface area contributed by atoms with Gasteiger partial charge in [-0.05, 0) is 30.3 Å². The first-order valence-electron chi connectivity index (χ1n) is 7.33. The van der Waals surface area contributed by atoms with Crippen LogP contribution in [0.2, 0.25) is 0 Å². The maximum Gasteiger partial charge on any atom is 0.416 e. The number of halogens is 3. The zero-order chi connectivity index (χ0) is 17.4. The predicted molar refractivity (Wildman–Crippen MR) is 86.3 cm³/mol. The predicted octanol–water partition coefficient (Wildman–Crippen LogP) is 4.98. The first kappa shape index (κ1) is 15.3. The fourth-order valence-corrected chi connectivity index (χ4v) is 2.46. The van der Waals surface area contributed by atoms with Crippen LogP contribution in [0.4, 0.5) is 24.9 Å². The molecule has 0 aliphatic carbocycles. The molecule has 0 spiro atoms. The van der Waals surface area contributed by atoms with Crippen molar-refractivity contribution in [3.8, 4) is 11.3 Å². The smallest absolute Gasteiger partial charge is 0.416 e. The number of rotatable bonds is 3. The van der Waals surface area contributed by atoms with Gasteiger partial charge in [-0.1, -0.05) is 12.1 Å². The molecule has 0 aliphatic heterocycles. The second-order valence-electron chi connectivity index (χ2n) is 5.41. The summed E-state index contributed by atoms with van der Waals surface area (Å²) in [5, 5.41) is 10.7. The number of alkyl halides is 3. The number of hydrogen-bond donors (Lipinski definition) is 2. The lowest BCUT2D eigenvalue weighted by molar-refractivity contribution is -0.137. The lowest BCUT2D eigenvalue weighted by Gasteiger charge is -2.07. The molecular formula is C17H11F3N4O. The van der Waals surface area contributed by atoms with Crippen LogP contribution < -0.4 is 5.32 Å². The summed E-state index contributed by atoms with van der Waals surface area (Å²) >= 11 is 0. The molecule has 2 aromatic carbocycles. The highest BCUT2D eigenvalue weighted by Gasteiger charge is 2.30. The minimum absolute atomic E-state index is 0.190. The molecule has 0 saturated carbocycles. The third-order valence-corrected chi connectivity index (χ3v) is 3.67. The molecule has 126 valence electrons. The average molecular weight is 344 g/mol. The molecule has 8 heteroatoms. The van der Waals surface area contributed by atoms with E-state index in [1.165, 1.54) is 18.3 Å². The molecule has 2 heterocycles. The molecule has 2 N–H and O–H groups in total. The second kappa shape index (κ2) is 5.66. The number of aromatic nitrogens is 3. The van der Waals surface area contributed by atoms with Crippen LogP contribution in [0, 0.1) is 0 Å². The van der Waals surface area contributed by atoms with Crippen LogP contribution in [0.1, 0.15) is 5.56 Å². The van der Waals surface area contributed by atoms with Gasteiger partial charge in [-0.3, -0.25) is 5.10 Å². The van der Waals surface area contributed by atoms with Crippen molar-refractivity contribution in [1.29, 1.82) is 0 Å². The minimum atomic E-state index is -4.41. The number of aromatic amines is 1. The number of fused-ring (bicyclic) bond motifs is 1. The molecule has 25 heavy (non-hydrogen) atoms. The molecule has 5 nitrogen and oxygen atoms in total. The van der Waals surface area contributed by atoms with Crippen molar-refractivity contribution in [2.75, 3.05) is 5.32 Å². The number of H-pyrrole nitrogens is 1. The van der Waals surface area contributed by atoms with E-state index >= 15 is 0 Å². The van der Waals surface area contributed by atoms with Crippen molar-refractivity contribution in [2.45, 2.75) is 6.18 Å². The van der Waals surface area contributed by atoms with Gasteiger partial charge in [0.05, 0.1) is 23.5 Å². The Hall–Kier alpha value is -3.29. The minimum Gasteiger partial charge on any atom is -0.423 e. The van der Waals surface area contributed by atoms with Gasteiger partial charge in [0.2, 0.25) is 0 Å². The number of benzene rings is 2. The van der Waals surface area contributed by atoms with E-state index in [9.17, 15) is 13.2 Å². The molecule has 4 rings (SSSR count). The van der Waals surface area contributed by atoms with Crippen molar-refractivity contribution in [2.24, 2.45) is 0 Å². The van der Waals surface area contributed by atoms with Crippen LogP contribution in [0.15, 0.2) is 59.3 Å². The standard InChI is InChI=1S/C17H11F3N4O/c18-17(19,20)12-3-1-2-10(6-12)15-9-21-16(25-15)23-13-4-5-14-11(7-13)8-22-24-14/h1-9H,(H,21,23)(H,22,24). The van der Waals surface area contributed by atoms with Crippen molar-refractivity contribution < 1.29 is 17.6 Å². The van der Waals surface area contributed by atoms with Crippen LogP contribution in [0.5, 0.6) is 0 Å². The van der Waals surface area contributed by atoms with Crippen LogP contribution >= 0.6 is 0 Å². The third kappa shape index (κ3) is 3.06. The van der Waals surface area contributed by atoms with Crippen molar-refractivity contribution in [3.05, 3.63) is 60.4 Å². The Morgan fingerprint density at radius 3 is 2.76 bits per heavy atom. The molecule has 0 aliphatic rings. The highest BCUT2D eigenvalue weighted by atomic mass is 19.4. The maximum absolute atomic E-state index is 12.8. The zero-order valence-electron chi connectivity index (χ0n) is 12.6. The van der Waals surface area contributed by atoms with E-state index in [-0.39, 0.29) is 11.8 Å².